The Balaban J connectivity index is 1.54. The number of rotatable bonds is 4. The molecular weight excluding hydrogens is 286 g/mol. The molecule has 0 radical (unpaired) electrons. The first-order valence-corrected chi connectivity index (χ1v) is 9.09. The van der Waals surface area contributed by atoms with Crippen molar-refractivity contribution < 1.29 is 9.90 Å². The molecule has 4 bridgehead atoms. The van der Waals surface area contributed by atoms with Crippen LogP contribution in [0.1, 0.15) is 51.9 Å². The number of amides is 1. The summed E-state index contributed by atoms with van der Waals surface area (Å²) in [6, 6.07) is 9.97. The Morgan fingerprint density at radius 2 is 1.83 bits per heavy atom. The first kappa shape index (κ1) is 15.2. The zero-order valence-corrected chi connectivity index (χ0v) is 14.0. The number of aliphatic hydroxyl groups is 1. The molecule has 0 saturated heterocycles. The summed E-state index contributed by atoms with van der Waals surface area (Å²) < 4.78 is 0. The van der Waals surface area contributed by atoms with Crippen molar-refractivity contribution in [1.29, 1.82) is 0 Å². The van der Waals surface area contributed by atoms with Crippen LogP contribution in [0.4, 0.5) is 5.69 Å². The Morgan fingerprint density at radius 3 is 2.39 bits per heavy atom. The van der Waals surface area contributed by atoms with Gasteiger partial charge in [0.25, 0.3) is 0 Å². The molecule has 3 nitrogen and oxygen atoms in total. The molecule has 5 rings (SSSR count). The molecule has 4 fully saturated rings. The van der Waals surface area contributed by atoms with Crippen molar-refractivity contribution in [2.75, 3.05) is 11.4 Å². The number of hydrogen-bond acceptors (Lipinski definition) is 2. The van der Waals surface area contributed by atoms with Crippen LogP contribution in [0.3, 0.4) is 0 Å². The SMILES string of the molecule is CCN(C(=O)CC12C[C@H]3C[C@@H](CC(O)(C3)C1)C2)c1ccccc1. The van der Waals surface area contributed by atoms with E-state index in [1.54, 1.807) is 0 Å². The van der Waals surface area contributed by atoms with Crippen molar-refractivity contribution in [3.8, 4) is 0 Å². The number of carbonyl (C=O) groups excluding carboxylic acids is 1. The van der Waals surface area contributed by atoms with Gasteiger partial charge in [-0.2, -0.15) is 0 Å². The van der Waals surface area contributed by atoms with Gasteiger partial charge in [0.15, 0.2) is 0 Å². The second kappa shape index (κ2) is 5.34. The molecule has 0 aromatic heterocycles. The minimum Gasteiger partial charge on any atom is -0.390 e. The molecule has 0 heterocycles. The van der Waals surface area contributed by atoms with Crippen molar-refractivity contribution >= 4 is 11.6 Å². The van der Waals surface area contributed by atoms with E-state index in [4.69, 9.17) is 0 Å². The molecule has 0 unspecified atom stereocenters. The van der Waals surface area contributed by atoms with Gasteiger partial charge >= 0.3 is 0 Å². The molecule has 1 amide bonds. The quantitative estimate of drug-likeness (QED) is 0.919. The van der Waals surface area contributed by atoms with E-state index in [2.05, 4.69) is 0 Å². The zero-order chi connectivity index (χ0) is 16.1. The van der Waals surface area contributed by atoms with Crippen LogP contribution in [0.25, 0.3) is 0 Å². The van der Waals surface area contributed by atoms with Gasteiger partial charge < -0.3 is 10.0 Å². The third-order valence-corrected chi connectivity index (χ3v) is 6.36. The lowest BCUT2D eigenvalue weighted by atomic mass is 9.47. The average molecular weight is 313 g/mol. The lowest BCUT2D eigenvalue weighted by Crippen LogP contribution is -2.56. The Morgan fingerprint density at radius 1 is 1.17 bits per heavy atom. The van der Waals surface area contributed by atoms with Crippen molar-refractivity contribution in [1.82, 2.24) is 0 Å². The molecule has 0 spiro atoms. The number of carbonyl (C=O) groups is 1. The summed E-state index contributed by atoms with van der Waals surface area (Å²) in [5, 5.41) is 10.9. The van der Waals surface area contributed by atoms with Crippen LogP contribution >= 0.6 is 0 Å². The standard InChI is InChI=1S/C20H27NO2/c1-2-21(17-6-4-3-5-7-17)18(22)13-19-9-15-8-16(10-19)12-20(23,11-15)14-19/h3-7,15-16,23H,2,8-14H2,1H3/t15-,16-,19?,20?/m1/s1. The Hall–Kier alpha value is -1.35. The minimum atomic E-state index is -0.478. The molecular formula is C20H27NO2. The van der Waals surface area contributed by atoms with Gasteiger partial charge in [-0.1, -0.05) is 18.2 Å². The number of nitrogens with zero attached hydrogens (tertiary/aromatic N) is 1. The van der Waals surface area contributed by atoms with E-state index in [-0.39, 0.29) is 11.3 Å². The number of para-hydroxylation sites is 1. The Kier molecular flexibility index (Phi) is 3.53. The number of benzene rings is 1. The van der Waals surface area contributed by atoms with Crippen LogP contribution in [-0.2, 0) is 4.79 Å². The molecule has 124 valence electrons. The van der Waals surface area contributed by atoms with Crippen LogP contribution in [0.2, 0.25) is 0 Å². The zero-order valence-electron chi connectivity index (χ0n) is 14.0. The van der Waals surface area contributed by atoms with Gasteiger partial charge in [-0.3, -0.25) is 4.79 Å². The highest BCUT2D eigenvalue weighted by Gasteiger charge is 2.57. The molecule has 23 heavy (non-hydrogen) atoms. The van der Waals surface area contributed by atoms with Crippen LogP contribution in [0.5, 0.6) is 0 Å². The lowest BCUT2D eigenvalue weighted by Gasteiger charge is -2.60. The maximum absolute atomic E-state index is 13.0. The molecule has 4 aliphatic carbocycles. The monoisotopic (exact) mass is 313 g/mol. The van der Waals surface area contributed by atoms with E-state index in [0.29, 0.717) is 24.8 Å². The summed E-state index contributed by atoms with van der Waals surface area (Å²) in [6.45, 7) is 2.74. The fourth-order valence-electron chi connectivity index (χ4n) is 6.14. The van der Waals surface area contributed by atoms with Crippen molar-refractivity contribution in [2.24, 2.45) is 17.3 Å². The second-order valence-electron chi connectivity index (χ2n) is 8.34. The molecule has 4 aliphatic rings. The summed E-state index contributed by atoms with van der Waals surface area (Å²) >= 11 is 0. The highest BCUT2D eigenvalue weighted by atomic mass is 16.3. The van der Waals surface area contributed by atoms with E-state index < -0.39 is 5.60 Å². The van der Waals surface area contributed by atoms with Crippen LogP contribution < -0.4 is 4.90 Å². The maximum atomic E-state index is 13.0. The fraction of sp³-hybridized carbons (Fsp3) is 0.650. The predicted octanol–water partition coefficient (Wildman–Crippen LogP) is 3.76. The molecule has 2 atom stereocenters. The van der Waals surface area contributed by atoms with E-state index in [9.17, 15) is 9.90 Å². The van der Waals surface area contributed by atoms with Crippen molar-refractivity contribution in [3.63, 3.8) is 0 Å². The van der Waals surface area contributed by atoms with Crippen LogP contribution in [-0.4, -0.2) is 23.2 Å². The third-order valence-electron chi connectivity index (χ3n) is 6.36. The normalized spacial score (nSPS) is 37.8. The first-order chi connectivity index (χ1) is 11.0. The smallest absolute Gasteiger partial charge is 0.227 e. The van der Waals surface area contributed by atoms with Gasteiger partial charge in [0, 0.05) is 18.7 Å². The van der Waals surface area contributed by atoms with Crippen LogP contribution in [0, 0.1) is 17.3 Å². The number of hydrogen-bond donors (Lipinski definition) is 1. The largest absolute Gasteiger partial charge is 0.390 e. The average Bonchev–Trinajstić information content (AvgIpc) is 2.45. The summed E-state index contributed by atoms with van der Waals surface area (Å²) in [7, 11) is 0. The molecule has 3 heteroatoms. The highest BCUT2D eigenvalue weighted by molar-refractivity contribution is 5.93. The first-order valence-electron chi connectivity index (χ1n) is 9.09. The van der Waals surface area contributed by atoms with Gasteiger partial charge in [-0.05, 0) is 74.8 Å². The molecule has 1 aromatic carbocycles. The van der Waals surface area contributed by atoms with Crippen LogP contribution in [0.15, 0.2) is 30.3 Å². The fourth-order valence-corrected chi connectivity index (χ4v) is 6.14. The van der Waals surface area contributed by atoms with Gasteiger partial charge in [0.2, 0.25) is 5.91 Å². The van der Waals surface area contributed by atoms with Gasteiger partial charge in [0.05, 0.1) is 5.60 Å². The third kappa shape index (κ3) is 2.69. The van der Waals surface area contributed by atoms with Gasteiger partial charge in [0.1, 0.15) is 0 Å². The summed E-state index contributed by atoms with van der Waals surface area (Å²) in [5.74, 6) is 1.51. The van der Waals surface area contributed by atoms with E-state index in [1.165, 1.54) is 6.42 Å². The topological polar surface area (TPSA) is 40.5 Å². The van der Waals surface area contributed by atoms with Crippen molar-refractivity contribution in [2.45, 2.75) is 57.5 Å². The molecule has 0 aliphatic heterocycles. The van der Waals surface area contributed by atoms with Gasteiger partial charge in [-0.15, -0.1) is 0 Å². The molecule has 1 N–H and O–H groups in total. The van der Waals surface area contributed by atoms with E-state index >= 15 is 0 Å². The van der Waals surface area contributed by atoms with Crippen molar-refractivity contribution in [3.05, 3.63) is 30.3 Å². The predicted molar refractivity (Wildman–Crippen MR) is 91.2 cm³/mol. The minimum absolute atomic E-state index is 0.0537. The summed E-state index contributed by atoms with van der Waals surface area (Å²) in [5.41, 5.74) is 0.565. The Labute approximate surface area is 138 Å². The van der Waals surface area contributed by atoms with Gasteiger partial charge in [-0.25, -0.2) is 0 Å². The van der Waals surface area contributed by atoms with E-state index in [0.717, 1.165) is 37.8 Å². The second-order valence-corrected chi connectivity index (χ2v) is 8.34. The highest BCUT2D eigenvalue weighted by Crippen LogP contribution is 2.62. The Bertz CT molecular complexity index is 583. The lowest BCUT2D eigenvalue weighted by molar-refractivity contribution is -0.168. The molecule has 1 aromatic rings. The maximum Gasteiger partial charge on any atom is 0.227 e. The summed E-state index contributed by atoms with van der Waals surface area (Å²) in [4.78, 5) is 14.9. The summed E-state index contributed by atoms with van der Waals surface area (Å²) in [6.07, 6.45) is 6.93. The molecule has 4 saturated carbocycles. The number of anilines is 1. The van der Waals surface area contributed by atoms with E-state index in [1.807, 2.05) is 42.2 Å².